The highest BCUT2D eigenvalue weighted by molar-refractivity contribution is 5.49. The Morgan fingerprint density at radius 3 is 2.43 bits per heavy atom. The zero-order valence-electron chi connectivity index (χ0n) is 12.5. The quantitative estimate of drug-likeness (QED) is 0.728. The third kappa shape index (κ3) is 4.03. The average molecular weight is 289 g/mol. The zero-order valence-corrected chi connectivity index (χ0v) is 12.5. The van der Waals surface area contributed by atoms with Crippen molar-refractivity contribution in [1.82, 2.24) is 0 Å². The van der Waals surface area contributed by atoms with E-state index >= 15 is 0 Å². The third-order valence-electron chi connectivity index (χ3n) is 3.63. The Morgan fingerprint density at radius 2 is 1.76 bits per heavy atom. The standard InChI is InChI=1S/C18H21F2N/c1-3-4-10-17(14-8-6-5-7-9-14)21-18-12-15(19)13(2)11-16(18)20/h5-9,11-12,17,21H,3-4,10H2,1-2H3. The molecule has 0 aliphatic carbocycles. The first-order valence-electron chi connectivity index (χ1n) is 7.39. The predicted molar refractivity (Wildman–Crippen MR) is 83.4 cm³/mol. The van der Waals surface area contributed by atoms with Gasteiger partial charge in [0.05, 0.1) is 11.7 Å². The maximum absolute atomic E-state index is 14.0. The molecule has 0 saturated carbocycles. The molecule has 0 radical (unpaired) electrons. The number of aryl methyl sites for hydroxylation is 1. The van der Waals surface area contributed by atoms with Crippen LogP contribution in [0, 0.1) is 18.6 Å². The summed E-state index contributed by atoms with van der Waals surface area (Å²) in [5, 5.41) is 3.15. The van der Waals surface area contributed by atoms with Gasteiger partial charge < -0.3 is 5.32 Å². The van der Waals surface area contributed by atoms with Crippen LogP contribution in [0.15, 0.2) is 42.5 Å². The van der Waals surface area contributed by atoms with E-state index < -0.39 is 5.82 Å². The van der Waals surface area contributed by atoms with Crippen molar-refractivity contribution in [1.29, 1.82) is 0 Å². The summed E-state index contributed by atoms with van der Waals surface area (Å²) in [6, 6.07) is 12.4. The molecule has 1 N–H and O–H groups in total. The molecule has 2 aromatic rings. The highest BCUT2D eigenvalue weighted by Gasteiger charge is 2.14. The molecule has 0 aliphatic heterocycles. The molecule has 0 aliphatic rings. The van der Waals surface area contributed by atoms with Gasteiger partial charge in [-0.25, -0.2) is 8.78 Å². The minimum Gasteiger partial charge on any atom is -0.376 e. The van der Waals surface area contributed by atoms with E-state index in [0.717, 1.165) is 24.8 Å². The first kappa shape index (κ1) is 15.5. The molecule has 1 nitrogen and oxygen atoms in total. The molecule has 21 heavy (non-hydrogen) atoms. The molecule has 2 aromatic carbocycles. The van der Waals surface area contributed by atoms with Crippen LogP contribution in [0.1, 0.15) is 43.4 Å². The van der Waals surface area contributed by atoms with E-state index in [1.165, 1.54) is 12.1 Å². The van der Waals surface area contributed by atoms with E-state index in [1.54, 1.807) is 6.92 Å². The zero-order chi connectivity index (χ0) is 15.2. The second-order valence-electron chi connectivity index (χ2n) is 5.33. The summed E-state index contributed by atoms with van der Waals surface area (Å²) < 4.78 is 27.7. The minimum absolute atomic E-state index is 0.0113. The maximum atomic E-state index is 14.0. The number of hydrogen-bond acceptors (Lipinski definition) is 1. The van der Waals surface area contributed by atoms with Crippen molar-refractivity contribution in [3.05, 3.63) is 65.2 Å². The van der Waals surface area contributed by atoms with E-state index in [9.17, 15) is 8.78 Å². The van der Waals surface area contributed by atoms with Crippen molar-refractivity contribution in [3.63, 3.8) is 0 Å². The second kappa shape index (κ2) is 7.21. The first-order chi connectivity index (χ1) is 10.1. The predicted octanol–water partition coefficient (Wildman–Crippen LogP) is 5.62. The Hall–Kier alpha value is -1.90. The Labute approximate surface area is 125 Å². The number of anilines is 1. The van der Waals surface area contributed by atoms with Gasteiger partial charge in [0.15, 0.2) is 0 Å². The van der Waals surface area contributed by atoms with Crippen molar-refractivity contribution in [2.24, 2.45) is 0 Å². The monoisotopic (exact) mass is 289 g/mol. The van der Waals surface area contributed by atoms with Gasteiger partial charge in [0.25, 0.3) is 0 Å². The van der Waals surface area contributed by atoms with E-state index in [2.05, 4.69) is 12.2 Å². The number of nitrogens with one attached hydrogen (secondary N) is 1. The summed E-state index contributed by atoms with van der Waals surface area (Å²) in [4.78, 5) is 0. The van der Waals surface area contributed by atoms with Crippen molar-refractivity contribution in [3.8, 4) is 0 Å². The van der Waals surface area contributed by atoms with Crippen molar-refractivity contribution >= 4 is 5.69 Å². The molecule has 112 valence electrons. The summed E-state index contributed by atoms with van der Waals surface area (Å²) in [6.45, 7) is 3.68. The molecule has 1 atom stereocenters. The maximum Gasteiger partial charge on any atom is 0.146 e. The number of hydrogen-bond donors (Lipinski definition) is 1. The van der Waals surface area contributed by atoms with Crippen LogP contribution in [-0.2, 0) is 0 Å². The van der Waals surface area contributed by atoms with Gasteiger partial charge >= 0.3 is 0 Å². The van der Waals surface area contributed by atoms with Crippen LogP contribution in [0.2, 0.25) is 0 Å². The highest BCUT2D eigenvalue weighted by Crippen LogP contribution is 2.27. The van der Waals surface area contributed by atoms with Crippen molar-refractivity contribution in [2.75, 3.05) is 5.32 Å². The third-order valence-corrected chi connectivity index (χ3v) is 3.63. The number of halogens is 2. The van der Waals surface area contributed by atoms with Crippen molar-refractivity contribution < 1.29 is 8.78 Å². The fourth-order valence-electron chi connectivity index (χ4n) is 2.36. The van der Waals surface area contributed by atoms with Gasteiger partial charge in [0, 0.05) is 6.07 Å². The molecule has 3 heteroatoms. The molecular weight excluding hydrogens is 268 g/mol. The lowest BCUT2D eigenvalue weighted by Crippen LogP contribution is -2.12. The first-order valence-corrected chi connectivity index (χ1v) is 7.39. The summed E-state index contributed by atoms with van der Waals surface area (Å²) in [5.74, 6) is -0.799. The lowest BCUT2D eigenvalue weighted by Gasteiger charge is -2.21. The fraction of sp³-hybridized carbons (Fsp3) is 0.333. The molecule has 0 fully saturated rings. The van der Waals surface area contributed by atoms with Crippen LogP contribution in [-0.4, -0.2) is 0 Å². The lowest BCUT2D eigenvalue weighted by atomic mass is 10.0. The number of benzene rings is 2. The molecule has 0 bridgehead atoms. The van der Waals surface area contributed by atoms with Gasteiger partial charge in [-0.15, -0.1) is 0 Å². The summed E-state index contributed by atoms with van der Waals surface area (Å²) in [7, 11) is 0. The van der Waals surface area contributed by atoms with Gasteiger partial charge in [-0.2, -0.15) is 0 Å². The Morgan fingerprint density at radius 1 is 1.05 bits per heavy atom. The van der Waals surface area contributed by atoms with Gasteiger partial charge in [-0.1, -0.05) is 50.1 Å². The van der Waals surface area contributed by atoms with Gasteiger partial charge in [-0.05, 0) is 30.5 Å². The summed E-state index contributed by atoms with van der Waals surface area (Å²) in [6.07, 6.45) is 2.98. The van der Waals surface area contributed by atoms with E-state index in [1.807, 2.05) is 30.3 Å². The second-order valence-corrected chi connectivity index (χ2v) is 5.33. The van der Waals surface area contributed by atoms with Crippen molar-refractivity contribution in [2.45, 2.75) is 39.2 Å². The number of unbranched alkanes of at least 4 members (excludes halogenated alkanes) is 1. The summed E-state index contributed by atoms with van der Waals surface area (Å²) >= 11 is 0. The number of rotatable bonds is 6. The topological polar surface area (TPSA) is 12.0 Å². The molecule has 0 heterocycles. The summed E-state index contributed by atoms with van der Waals surface area (Å²) in [5.41, 5.74) is 1.64. The lowest BCUT2D eigenvalue weighted by molar-refractivity contribution is 0.585. The van der Waals surface area contributed by atoms with Gasteiger partial charge in [0.2, 0.25) is 0 Å². The highest BCUT2D eigenvalue weighted by atomic mass is 19.1. The molecule has 2 rings (SSSR count). The Kier molecular flexibility index (Phi) is 5.32. The van der Waals surface area contributed by atoms with Crippen LogP contribution in [0.4, 0.5) is 14.5 Å². The smallest absolute Gasteiger partial charge is 0.146 e. The molecule has 0 saturated heterocycles. The van der Waals surface area contributed by atoms with E-state index in [4.69, 9.17) is 0 Å². The van der Waals surface area contributed by atoms with Crippen LogP contribution in [0.25, 0.3) is 0 Å². The van der Waals surface area contributed by atoms with E-state index in [0.29, 0.717) is 5.56 Å². The normalized spacial score (nSPS) is 12.2. The molecule has 0 spiro atoms. The van der Waals surface area contributed by atoms with Gasteiger partial charge in [0.1, 0.15) is 11.6 Å². The van der Waals surface area contributed by atoms with Crippen LogP contribution < -0.4 is 5.32 Å². The van der Waals surface area contributed by atoms with Gasteiger partial charge in [-0.3, -0.25) is 0 Å². The Balaban J connectivity index is 2.25. The van der Waals surface area contributed by atoms with E-state index in [-0.39, 0.29) is 17.5 Å². The van der Waals surface area contributed by atoms with Crippen LogP contribution in [0.3, 0.4) is 0 Å². The Bertz CT molecular complexity index is 581. The average Bonchev–Trinajstić information content (AvgIpc) is 2.49. The molecule has 1 unspecified atom stereocenters. The molecule has 0 amide bonds. The molecule has 0 aromatic heterocycles. The largest absolute Gasteiger partial charge is 0.376 e. The van der Waals surface area contributed by atoms with Crippen LogP contribution in [0.5, 0.6) is 0 Å². The minimum atomic E-state index is -0.411. The fourth-order valence-corrected chi connectivity index (χ4v) is 2.36. The van der Waals surface area contributed by atoms with Crippen LogP contribution >= 0.6 is 0 Å². The molecular formula is C18H21F2N. The SMILES string of the molecule is CCCCC(Nc1cc(F)c(C)cc1F)c1ccccc1.